The van der Waals surface area contributed by atoms with E-state index in [4.69, 9.17) is 14.2 Å². The van der Waals surface area contributed by atoms with Crippen LogP contribution in [-0.4, -0.2) is 107 Å². The minimum Gasteiger partial charge on any atom is -0.444 e. The highest BCUT2D eigenvalue weighted by Crippen LogP contribution is 2.12. The molecule has 9 heteroatoms. The Kier molecular flexibility index (Phi) is 10.7. The molecule has 30 heavy (non-hydrogen) atoms. The Labute approximate surface area is 181 Å². The highest BCUT2D eigenvalue weighted by atomic mass is 16.6. The molecule has 2 rings (SSSR count). The molecule has 0 aromatic rings. The van der Waals surface area contributed by atoms with Gasteiger partial charge in [-0.25, -0.2) is 4.79 Å². The molecule has 2 aliphatic heterocycles. The molecule has 2 heterocycles. The molecule has 0 spiro atoms. The molecule has 2 aliphatic rings. The number of carbonyl (C=O) groups is 1. The summed E-state index contributed by atoms with van der Waals surface area (Å²) < 4.78 is 16.5. The van der Waals surface area contributed by atoms with Gasteiger partial charge in [-0.05, 0) is 33.6 Å². The maximum Gasteiger partial charge on any atom is 0.410 e. The summed E-state index contributed by atoms with van der Waals surface area (Å²) in [6.07, 6.45) is 1.84. The lowest BCUT2D eigenvalue weighted by Crippen LogP contribution is -2.51. The van der Waals surface area contributed by atoms with Gasteiger partial charge in [-0.2, -0.15) is 0 Å². The van der Waals surface area contributed by atoms with E-state index < -0.39 is 5.60 Å². The normalized spacial score (nSPS) is 21.0. The van der Waals surface area contributed by atoms with Crippen molar-refractivity contribution in [2.75, 3.05) is 79.3 Å². The van der Waals surface area contributed by atoms with E-state index in [1.54, 1.807) is 11.9 Å². The second kappa shape index (κ2) is 13.0. The van der Waals surface area contributed by atoms with Crippen LogP contribution in [0.3, 0.4) is 0 Å². The first kappa shape index (κ1) is 24.7. The van der Waals surface area contributed by atoms with Gasteiger partial charge in [0.1, 0.15) is 5.60 Å². The zero-order valence-corrected chi connectivity index (χ0v) is 19.2. The van der Waals surface area contributed by atoms with Crippen molar-refractivity contribution >= 4 is 12.1 Å². The van der Waals surface area contributed by atoms with Crippen molar-refractivity contribution < 1.29 is 19.0 Å². The molecule has 174 valence electrons. The van der Waals surface area contributed by atoms with Gasteiger partial charge in [0.25, 0.3) is 0 Å². The first-order valence-corrected chi connectivity index (χ1v) is 11.2. The van der Waals surface area contributed by atoms with Gasteiger partial charge >= 0.3 is 6.09 Å². The van der Waals surface area contributed by atoms with Crippen LogP contribution >= 0.6 is 0 Å². The van der Waals surface area contributed by atoms with E-state index in [-0.39, 0.29) is 6.09 Å². The van der Waals surface area contributed by atoms with Gasteiger partial charge in [0.2, 0.25) is 0 Å². The summed E-state index contributed by atoms with van der Waals surface area (Å²) >= 11 is 0. The minimum atomic E-state index is -0.446. The molecule has 2 N–H and O–H groups in total. The van der Waals surface area contributed by atoms with Crippen molar-refractivity contribution in [3.05, 3.63) is 0 Å². The standard InChI is InChI=1S/C21H41N5O4/c1-21(2,3)30-20(27)26-12-10-25(11-13-26)9-8-24-19(22-4)23-7-5-14-28-16-18-6-15-29-17-18/h18H,5-17H2,1-4H3,(H2,22,23,24). The third-order valence-electron chi connectivity index (χ3n) is 5.10. The molecule has 0 bridgehead atoms. The summed E-state index contributed by atoms with van der Waals surface area (Å²) in [5, 5.41) is 6.68. The van der Waals surface area contributed by atoms with Crippen LogP contribution < -0.4 is 10.6 Å². The average molecular weight is 428 g/mol. The first-order valence-electron chi connectivity index (χ1n) is 11.2. The first-order chi connectivity index (χ1) is 14.4. The van der Waals surface area contributed by atoms with Crippen molar-refractivity contribution in [2.24, 2.45) is 10.9 Å². The van der Waals surface area contributed by atoms with E-state index in [0.717, 1.165) is 78.0 Å². The fourth-order valence-electron chi connectivity index (χ4n) is 3.38. The quantitative estimate of drug-likeness (QED) is 0.324. The Morgan fingerprint density at radius 3 is 2.53 bits per heavy atom. The zero-order valence-electron chi connectivity index (χ0n) is 19.2. The third-order valence-corrected chi connectivity index (χ3v) is 5.10. The summed E-state index contributed by atoms with van der Waals surface area (Å²) in [4.78, 5) is 20.5. The Morgan fingerprint density at radius 2 is 1.90 bits per heavy atom. The summed E-state index contributed by atoms with van der Waals surface area (Å²) in [7, 11) is 1.78. The maximum absolute atomic E-state index is 12.1. The van der Waals surface area contributed by atoms with E-state index in [1.165, 1.54) is 0 Å². The molecule has 0 aliphatic carbocycles. The van der Waals surface area contributed by atoms with Crippen LogP contribution in [0.15, 0.2) is 4.99 Å². The lowest BCUT2D eigenvalue weighted by Gasteiger charge is -2.35. The number of carbonyl (C=O) groups excluding carboxylic acids is 1. The number of nitrogens with one attached hydrogen (secondary N) is 2. The highest BCUT2D eigenvalue weighted by molar-refractivity contribution is 5.79. The molecule has 1 atom stereocenters. The number of piperazine rings is 1. The largest absolute Gasteiger partial charge is 0.444 e. The van der Waals surface area contributed by atoms with E-state index in [2.05, 4.69) is 20.5 Å². The molecular formula is C21H41N5O4. The van der Waals surface area contributed by atoms with Gasteiger partial charge in [-0.3, -0.25) is 9.89 Å². The number of nitrogens with zero attached hydrogens (tertiary/aromatic N) is 3. The van der Waals surface area contributed by atoms with E-state index in [1.807, 2.05) is 20.8 Å². The van der Waals surface area contributed by atoms with Gasteiger partial charge in [-0.1, -0.05) is 0 Å². The molecule has 2 fully saturated rings. The van der Waals surface area contributed by atoms with Crippen molar-refractivity contribution in [1.82, 2.24) is 20.4 Å². The molecule has 0 aromatic carbocycles. The highest BCUT2D eigenvalue weighted by Gasteiger charge is 2.25. The van der Waals surface area contributed by atoms with Gasteiger partial charge in [0, 0.05) is 72.0 Å². The number of aliphatic imine (C=N–C) groups is 1. The molecule has 1 unspecified atom stereocenters. The molecule has 1 amide bonds. The van der Waals surface area contributed by atoms with Crippen LogP contribution in [0.1, 0.15) is 33.6 Å². The smallest absolute Gasteiger partial charge is 0.410 e. The van der Waals surface area contributed by atoms with E-state index in [0.29, 0.717) is 19.0 Å². The van der Waals surface area contributed by atoms with Gasteiger partial charge in [-0.15, -0.1) is 0 Å². The van der Waals surface area contributed by atoms with Crippen LogP contribution in [0.4, 0.5) is 4.79 Å². The number of hydrogen-bond donors (Lipinski definition) is 2. The summed E-state index contributed by atoms with van der Waals surface area (Å²) in [6, 6.07) is 0. The fourth-order valence-corrected chi connectivity index (χ4v) is 3.38. The zero-order chi connectivity index (χ0) is 21.8. The molecule has 0 aromatic heterocycles. The number of guanidine groups is 1. The number of hydrogen-bond acceptors (Lipinski definition) is 6. The third kappa shape index (κ3) is 9.95. The fraction of sp³-hybridized carbons (Fsp3) is 0.905. The Bertz CT molecular complexity index is 524. The van der Waals surface area contributed by atoms with E-state index in [9.17, 15) is 4.79 Å². The number of amides is 1. The Hall–Kier alpha value is -1.58. The monoisotopic (exact) mass is 427 g/mol. The van der Waals surface area contributed by atoms with Crippen LogP contribution in [0, 0.1) is 5.92 Å². The number of rotatable bonds is 9. The van der Waals surface area contributed by atoms with Crippen molar-refractivity contribution in [3.8, 4) is 0 Å². The van der Waals surface area contributed by atoms with Crippen molar-refractivity contribution in [2.45, 2.75) is 39.2 Å². The van der Waals surface area contributed by atoms with E-state index >= 15 is 0 Å². The second-order valence-corrected chi connectivity index (χ2v) is 8.89. The predicted octanol–water partition coefficient (Wildman–Crippen LogP) is 1.15. The van der Waals surface area contributed by atoms with Crippen LogP contribution in [0.2, 0.25) is 0 Å². The van der Waals surface area contributed by atoms with Gasteiger partial charge < -0.3 is 29.7 Å². The molecule has 9 nitrogen and oxygen atoms in total. The summed E-state index contributed by atoms with van der Waals surface area (Å²) in [5.74, 6) is 1.38. The van der Waals surface area contributed by atoms with Crippen molar-refractivity contribution in [1.29, 1.82) is 0 Å². The van der Waals surface area contributed by atoms with Gasteiger partial charge in [0.05, 0.1) is 13.2 Å². The molecule has 2 saturated heterocycles. The van der Waals surface area contributed by atoms with Crippen molar-refractivity contribution in [3.63, 3.8) is 0 Å². The maximum atomic E-state index is 12.1. The topological polar surface area (TPSA) is 87.7 Å². The minimum absolute atomic E-state index is 0.217. The van der Waals surface area contributed by atoms with Crippen LogP contribution in [-0.2, 0) is 14.2 Å². The SMILES string of the molecule is CN=C(NCCCOCC1CCOC1)NCCN1CCN(C(=O)OC(C)(C)C)CC1. The molecular weight excluding hydrogens is 386 g/mol. The number of ether oxygens (including phenoxy) is 3. The van der Waals surface area contributed by atoms with Crippen LogP contribution in [0.5, 0.6) is 0 Å². The lowest BCUT2D eigenvalue weighted by molar-refractivity contribution is 0.0147. The lowest BCUT2D eigenvalue weighted by atomic mass is 10.1. The van der Waals surface area contributed by atoms with Gasteiger partial charge in [0.15, 0.2) is 5.96 Å². The predicted molar refractivity (Wildman–Crippen MR) is 118 cm³/mol. The van der Waals surface area contributed by atoms with Crippen LogP contribution in [0.25, 0.3) is 0 Å². The Morgan fingerprint density at radius 1 is 1.17 bits per heavy atom. The molecule has 0 radical (unpaired) electrons. The summed E-state index contributed by atoms with van der Waals surface area (Å²) in [6.45, 7) is 14.6. The average Bonchev–Trinajstić information content (AvgIpc) is 3.22. The Balaban J connectivity index is 1.49. The molecule has 0 saturated carbocycles. The second-order valence-electron chi connectivity index (χ2n) is 8.89. The summed E-state index contributed by atoms with van der Waals surface area (Å²) in [5.41, 5.74) is -0.446.